The molecule has 0 saturated carbocycles. The average molecular weight is 419 g/mol. The number of ether oxygens (including phenoxy) is 1. The highest BCUT2D eigenvalue weighted by atomic mass is 32.2. The van der Waals surface area contributed by atoms with E-state index in [1.807, 2.05) is 63.2 Å². The van der Waals surface area contributed by atoms with Gasteiger partial charge in [-0.05, 0) is 51.0 Å². The van der Waals surface area contributed by atoms with Crippen molar-refractivity contribution in [2.45, 2.75) is 39.7 Å². The molecule has 6 nitrogen and oxygen atoms in total. The first kappa shape index (κ1) is 22.7. The SMILES string of the molecule is Cc1ccc(OCC(C)NC(=O)CCCN(c2ccccc2C)S(C)(=O)=O)cc1. The number of rotatable bonds is 10. The van der Waals surface area contributed by atoms with Crippen LogP contribution in [0.25, 0.3) is 0 Å². The molecule has 1 atom stereocenters. The van der Waals surface area contributed by atoms with E-state index in [0.717, 1.165) is 16.9 Å². The lowest BCUT2D eigenvalue weighted by molar-refractivity contribution is -0.121. The van der Waals surface area contributed by atoms with Gasteiger partial charge in [-0.1, -0.05) is 35.9 Å². The Morgan fingerprint density at radius 2 is 1.76 bits per heavy atom. The van der Waals surface area contributed by atoms with Gasteiger partial charge in [0.15, 0.2) is 0 Å². The Labute approximate surface area is 173 Å². The van der Waals surface area contributed by atoms with Gasteiger partial charge in [0.05, 0.1) is 18.0 Å². The minimum absolute atomic E-state index is 0.122. The molecule has 0 radical (unpaired) electrons. The number of nitrogens with zero attached hydrogens (tertiary/aromatic N) is 1. The summed E-state index contributed by atoms with van der Waals surface area (Å²) in [6.07, 6.45) is 1.86. The largest absolute Gasteiger partial charge is 0.491 e. The van der Waals surface area contributed by atoms with Gasteiger partial charge in [-0.15, -0.1) is 0 Å². The molecule has 158 valence electrons. The molecule has 2 rings (SSSR count). The van der Waals surface area contributed by atoms with Crippen LogP contribution in [0.1, 0.15) is 30.9 Å². The fourth-order valence-corrected chi connectivity index (χ4v) is 3.96. The fourth-order valence-electron chi connectivity index (χ4n) is 2.94. The van der Waals surface area contributed by atoms with E-state index in [-0.39, 0.29) is 24.9 Å². The van der Waals surface area contributed by atoms with E-state index in [4.69, 9.17) is 4.74 Å². The molecule has 0 aliphatic heterocycles. The standard InChI is InChI=1S/C22H30N2O4S/c1-17-11-13-20(14-12-17)28-16-19(3)23-22(25)10-7-15-24(29(4,26)27)21-9-6-5-8-18(21)2/h5-6,8-9,11-14,19H,7,10,15-16H2,1-4H3,(H,23,25). The first-order valence-corrected chi connectivity index (χ1v) is 11.5. The normalized spacial score (nSPS) is 12.3. The lowest BCUT2D eigenvalue weighted by atomic mass is 10.2. The highest BCUT2D eigenvalue weighted by Crippen LogP contribution is 2.22. The number of hydrogen-bond acceptors (Lipinski definition) is 4. The first-order chi connectivity index (χ1) is 13.7. The maximum atomic E-state index is 12.2. The van der Waals surface area contributed by atoms with Crippen molar-refractivity contribution in [1.82, 2.24) is 5.32 Å². The molecule has 2 aromatic carbocycles. The fraction of sp³-hybridized carbons (Fsp3) is 0.409. The van der Waals surface area contributed by atoms with Crippen LogP contribution in [0.2, 0.25) is 0 Å². The molecule has 0 fully saturated rings. The Bertz CT molecular complexity index is 911. The van der Waals surface area contributed by atoms with E-state index < -0.39 is 10.0 Å². The van der Waals surface area contributed by atoms with Crippen LogP contribution in [0.5, 0.6) is 5.75 Å². The number of carbonyl (C=O) groups excluding carboxylic acids is 1. The summed E-state index contributed by atoms with van der Waals surface area (Å²) in [6, 6.07) is 14.9. The summed E-state index contributed by atoms with van der Waals surface area (Å²) in [6.45, 7) is 6.38. The highest BCUT2D eigenvalue weighted by Gasteiger charge is 2.19. The topological polar surface area (TPSA) is 75.7 Å². The van der Waals surface area contributed by atoms with E-state index in [1.54, 1.807) is 6.07 Å². The van der Waals surface area contributed by atoms with Gasteiger partial charge in [-0.2, -0.15) is 0 Å². The van der Waals surface area contributed by atoms with Gasteiger partial charge in [0, 0.05) is 13.0 Å². The van der Waals surface area contributed by atoms with E-state index in [1.165, 1.54) is 10.6 Å². The van der Waals surface area contributed by atoms with Gasteiger partial charge in [-0.25, -0.2) is 8.42 Å². The predicted molar refractivity (Wildman–Crippen MR) is 117 cm³/mol. The van der Waals surface area contributed by atoms with Crippen LogP contribution in [0.3, 0.4) is 0 Å². The minimum Gasteiger partial charge on any atom is -0.491 e. The number of benzene rings is 2. The number of aryl methyl sites for hydroxylation is 2. The van der Waals surface area contributed by atoms with Gasteiger partial charge in [-0.3, -0.25) is 9.10 Å². The molecular formula is C22H30N2O4S. The number of carbonyl (C=O) groups is 1. The van der Waals surface area contributed by atoms with Crippen molar-refractivity contribution in [3.05, 3.63) is 59.7 Å². The maximum absolute atomic E-state index is 12.2. The number of hydrogen-bond donors (Lipinski definition) is 1. The first-order valence-electron chi connectivity index (χ1n) is 9.69. The quantitative estimate of drug-likeness (QED) is 0.641. The second-order valence-electron chi connectivity index (χ2n) is 7.32. The van der Waals surface area contributed by atoms with Crippen LogP contribution in [-0.2, 0) is 14.8 Å². The molecule has 0 aromatic heterocycles. The third kappa shape index (κ3) is 7.42. The maximum Gasteiger partial charge on any atom is 0.232 e. The zero-order valence-electron chi connectivity index (χ0n) is 17.5. The van der Waals surface area contributed by atoms with Crippen LogP contribution in [0, 0.1) is 13.8 Å². The molecule has 0 aliphatic carbocycles. The van der Waals surface area contributed by atoms with Crippen molar-refractivity contribution < 1.29 is 17.9 Å². The van der Waals surface area contributed by atoms with E-state index >= 15 is 0 Å². The Morgan fingerprint density at radius 3 is 2.38 bits per heavy atom. The Balaban J connectivity index is 1.81. The lowest BCUT2D eigenvalue weighted by Crippen LogP contribution is -2.37. The number of para-hydroxylation sites is 1. The number of amides is 1. The van der Waals surface area contributed by atoms with Crippen molar-refractivity contribution in [3.8, 4) is 5.75 Å². The molecule has 1 unspecified atom stereocenters. The molecule has 0 spiro atoms. The van der Waals surface area contributed by atoms with Crippen LogP contribution < -0.4 is 14.4 Å². The third-order valence-corrected chi connectivity index (χ3v) is 5.66. The van der Waals surface area contributed by atoms with Crippen LogP contribution >= 0.6 is 0 Å². The molecule has 7 heteroatoms. The number of nitrogens with one attached hydrogen (secondary N) is 1. The summed E-state index contributed by atoms with van der Waals surface area (Å²) in [5.74, 6) is 0.641. The van der Waals surface area contributed by atoms with Gasteiger partial charge in [0.2, 0.25) is 15.9 Å². The summed E-state index contributed by atoms with van der Waals surface area (Å²) < 4.78 is 31.4. The second-order valence-corrected chi connectivity index (χ2v) is 9.22. The summed E-state index contributed by atoms with van der Waals surface area (Å²) in [5.41, 5.74) is 2.69. The van der Waals surface area contributed by atoms with E-state index in [9.17, 15) is 13.2 Å². The van der Waals surface area contributed by atoms with E-state index in [0.29, 0.717) is 18.7 Å². The van der Waals surface area contributed by atoms with Crippen molar-refractivity contribution in [2.24, 2.45) is 0 Å². The second kappa shape index (κ2) is 10.3. The Kier molecular flexibility index (Phi) is 8.08. The molecule has 1 N–H and O–H groups in total. The molecule has 29 heavy (non-hydrogen) atoms. The summed E-state index contributed by atoms with van der Waals surface area (Å²) in [7, 11) is -3.42. The smallest absolute Gasteiger partial charge is 0.232 e. The number of anilines is 1. The molecule has 0 aliphatic rings. The summed E-state index contributed by atoms with van der Waals surface area (Å²) in [4.78, 5) is 12.2. The van der Waals surface area contributed by atoms with Gasteiger partial charge in [0.1, 0.15) is 12.4 Å². The van der Waals surface area contributed by atoms with Crippen molar-refractivity contribution in [2.75, 3.05) is 23.7 Å². The van der Waals surface area contributed by atoms with Crippen LogP contribution in [0.4, 0.5) is 5.69 Å². The molecule has 0 bridgehead atoms. The van der Waals surface area contributed by atoms with Crippen LogP contribution in [0.15, 0.2) is 48.5 Å². The summed E-state index contributed by atoms with van der Waals surface area (Å²) in [5, 5.41) is 2.89. The molecular weight excluding hydrogens is 388 g/mol. The van der Waals surface area contributed by atoms with Gasteiger partial charge in [0.25, 0.3) is 0 Å². The summed E-state index contributed by atoms with van der Waals surface area (Å²) >= 11 is 0. The molecule has 0 heterocycles. The molecule has 1 amide bonds. The molecule has 0 saturated heterocycles. The minimum atomic E-state index is -3.42. The average Bonchev–Trinajstić information content (AvgIpc) is 2.65. The lowest BCUT2D eigenvalue weighted by Gasteiger charge is -2.24. The Hall–Kier alpha value is -2.54. The zero-order valence-corrected chi connectivity index (χ0v) is 18.3. The van der Waals surface area contributed by atoms with Crippen LogP contribution in [-0.4, -0.2) is 39.8 Å². The molecule has 2 aromatic rings. The van der Waals surface area contributed by atoms with Crippen molar-refractivity contribution in [3.63, 3.8) is 0 Å². The monoisotopic (exact) mass is 418 g/mol. The zero-order chi connectivity index (χ0) is 21.4. The van der Waals surface area contributed by atoms with Gasteiger partial charge >= 0.3 is 0 Å². The van der Waals surface area contributed by atoms with Crippen molar-refractivity contribution >= 4 is 21.6 Å². The van der Waals surface area contributed by atoms with Gasteiger partial charge < -0.3 is 10.1 Å². The van der Waals surface area contributed by atoms with Crippen molar-refractivity contribution in [1.29, 1.82) is 0 Å². The van der Waals surface area contributed by atoms with E-state index in [2.05, 4.69) is 5.32 Å². The number of sulfonamides is 1. The Morgan fingerprint density at radius 1 is 1.10 bits per heavy atom. The predicted octanol–water partition coefficient (Wildman–Crippen LogP) is 3.43. The third-order valence-electron chi connectivity index (χ3n) is 4.48. The highest BCUT2D eigenvalue weighted by molar-refractivity contribution is 7.92.